The average Bonchev–Trinajstić information content (AvgIpc) is 2.28. The highest BCUT2D eigenvalue weighted by molar-refractivity contribution is 9.10. The van der Waals surface area contributed by atoms with Gasteiger partial charge in [0.1, 0.15) is 5.82 Å². The van der Waals surface area contributed by atoms with Crippen LogP contribution in [-0.2, 0) is 0 Å². The SMILES string of the molecule is CCN(CCCCl)C(=O)c1cc(F)cc(Br)c1. The second-order valence-electron chi connectivity index (χ2n) is 3.59. The van der Waals surface area contributed by atoms with Crippen molar-refractivity contribution in [1.29, 1.82) is 0 Å². The molecule has 0 radical (unpaired) electrons. The van der Waals surface area contributed by atoms with E-state index in [0.717, 1.165) is 6.42 Å². The van der Waals surface area contributed by atoms with Gasteiger partial charge in [0.05, 0.1) is 0 Å². The molecule has 0 aromatic heterocycles. The van der Waals surface area contributed by atoms with Gasteiger partial charge in [-0.25, -0.2) is 4.39 Å². The van der Waals surface area contributed by atoms with Crippen molar-refractivity contribution >= 4 is 33.4 Å². The first kappa shape index (κ1) is 14.5. The van der Waals surface area contributed by atoms with E-state index in [4.69, 9.17) is 11.6 Å². The Kier molecular flexibility index (Phi) is 5.92. The van der Waals surface area contributed by atoms with Gasteiger partial charge in [0.2, 0.25) is 0 Å². The van der Waals surface area contributed by atoms with Gasteiger partial charge in [0.25, 0.3) is 5.91 Å². The first-order valence-corrected chi connectivity index (χ1v) is 6.72. The second-order valence-corrected chi connectivity index (χ2v) is 4.88. The van der Waals surface area contributed by atoms with Crippen molar-refractivity contribution < 1.29 is 9.18 Å². The Labute approximate surface area is 114 Å². The molecule has 2 nitrogen and oxygen atoms in total. The van der Waals surface area contributed by atoms with Crippen LogP contribution < -0.4 is 0 Å². The Hall–Kier alpha value is -0.610. The molecule has 0 saturated carbocycles. The fourth-order valence-electron chi connectivity index (χ4n) is 1.51. The summed E-state index contributed by atoms with van der Waals surface area (Å²) in [6.45, 7) is 3.07. The van der Waals surface area contributed by atoms with Crippen molar-refractivity contribution in [3.63, 3.8) is 0 Å². The number of alkyl halides is 1. The molecule has 0 aliphatic heterocycles. The van der Waals surface area contributed by atoms with Crippen LogP contribution in [0.2, 0.25) is 0 Å². The molecule has 0 bridgehead atoms. The monoisotopic (exact) mass is 321 g/mol. The number of rotatable bonds is 5. The van der Waals surface area contributed by atoms with Crippen molar-refractivity contribution in [3.8, 4) is 0 Å². The molecule has 0 spiro atoms. The highest BCUT2D eigenvalue weighted by Gasteiger charge is 2.14. The van der Waals surface area contributed by atoms with E-state index in [9.17, 15) is 9.18 Å². The Morgan fingerprint density at radius 1 is 1.47 bits per heavy atom. The zero-order valence-electron chi connectivity index (χ0n) is 9.55. The summed E-state index contributed by atoms with van der Waals surface area (Å²) in [6.07, 6.45) is 0.734. The molecular weight excluding hydrogens is 308 g/mol. The number of hydrogen-bond acceptors (Lipinski definition) is 1. The third-order valence-electron chi connectivity index (χ3n) is 2.34. The number of benzene rings is 1. The summed E-state index contributed by atoms with van der Waals surface area (Å²) in [7, 11) is 0. The molecule has 0 aliphatic rings. The number of amides is 1. The molecule has 0 N–H and O–H groups in total. The molecule has 0 saturated heterocycles. The van der Waals surface area contributed by atoms with E-state index in [1.165, 1.54) is 12.1 Å². The van der Waals surface area contributed by atoms with Gasteiger partial charge in [-0.2, -0.15) is 0 Å². The largest absolute Gasteiger partial charge is 0.339 e. The molecule has 1 amide bonds. The molecule has 1 rings (SSSR count). The van der Waals surface area contributed by atoms with E-state index < -0.39 is 5.82 Å². The van der Waals surface area contributed by atoms with Crippen LogP contribution in [0.3, 0.4) is 0 Å². The minimum atomic E-state index is -0.420. The van der Waals surface area contributed by atoms with Crippen molar-refractivity contribution in [1.82, 2.24) is 4.90 Å². The summed E-state index contributed by atoms with van der Waals surface area (Å²) in [6, 6.07) is 4.19. The number of carbonyl (C=O) groups excluding carboxylic acids is 1. The van der Waals surface area contributed by atoms with Crippen molar-refractivity contribution in [3.05, 3.63) is 34.1 Å². The van der Waals surface area contributed by atoms with Crippen LogP contribution in [0.15, 0.2) is 22.7 Å². The van der Waals surface area contributed by atoms with Crippen molar-refractivity contribution in [2.75, 3.05) is 19.0 Å². The van der Waals surface area contributed by atoms with E-state index in [1.54, 1.807) is 11.0 Å². The first-order valence-electron chi connectivity index (χ1n) is 5.39. The molecule has 1 aromatic rings. The van der Waals surface area contributed by atoms with Gasteiger partial charge in [-0.15, -0.1) is 11.6 Å². The lowest BCUT2D eigenvalue weighted by atomic mass is 10.2. The number of hydrogen-bond donors (Lipinski definition) is 0. The summed E-state index contributed by atoms with van der Waals surface area (Å²) in [5.74, 6) is -0.0784. The lowest BCUT2D eigenvalue weighted by Gasteiger charge is -2.20. The highest BCUT2D eigenvalue weighted by Crippen LogP contribution is 2.16. The first-order chi connectivity index (χ1) is 8.08. The summed E-state index contributed by atoms with van der Waals surface area (Å²) < 4.78 is 13.7. The summed E-state index contributed by atoms with van der Waals surface area (Å²) in [5.41, 5.74) is 0.355. The number of carbonyl (C=O) groups is 1. The van der Waals surface area contributed by atoms with Gasteiger partial charge in [-0.3, -0.25) is 4.79 Å². The fraction of sp³-hybridized carbons (Fsp3) is 0.417. The predicted molar refractivity (Wildman–Crippen MR) is 71.0 cm³/mol. The second kappa shape index (κ2) is 6.97. The third-order valence-corrected chi connectivity index (χ3v) is 3.07. The Balaban J connectivity index is 2.85. The van der Waals surface area contributed by atoms with Crippen molar-refractivity contribution in [2.45, 2.75) is 13.3 Å². The standard InChI is InChI=1S/C12H14BrClFNO/c1-2-16(5-3-4-14)12(17)9-6-10(13)8-11(15)7-9/h6-8H,2-5H2,1H3. The molecule has 0 unspecified atom stereocenters. The minimum absolute atomic E-state index is 0.169. The van der Waals surface area contributed by atoms with Crippen LogP contribution in [-0.4, -0.2) is 29.8 Å². The molecule has 5 heteroatoms. The minimum Gasteiger partial charge on any atom is -0.339 e. The number of halogens is 3. The van der Waals surface area contributed by atoms with Crippen LogP contribution in [0.25, 0.3) is 0 Å². The molecule has 0 heterocycles. The van der Waals surface area contributed by atoms with Gasteiger partial charge in [0.15, 0.2) is 0 Å². The van der Waals surface area contributed by atoms with Gasteiger partial charge in [0, 0.05) is 29.0 Å². The van der Waals surface area contributed by atoms with E-state index in [2.05, 4.69) is 15.9 Å². The number of nitrogens with zero attached hydrogens (tertiary/aromatic N) is 1. The summed E-state index contributed by atoms with van der Waals surface area (Å²) >= 11 is 8.77. The van der Waals surface area contributed by atoms with Gasteiger partial charge < -0.3 is 4.90 Å². The van der Waals surface area contributed by atoms with Gasteiger partial charge in [-0.1, -0.05) is 15.9 Å². The van der Waals surface area contributed by atoms with Crippen LogP contribution in [0.5, 0.6) is 0 Å². The third kappa shape index (κ3) is 4.28. The normalized spacial score (nSPS) is 10.4. The maximum Gasteiger partial charge on any atom is 0.253 e. The Bertz CT molecular complexity index is 380. The van der Waals surface area contributed by atoms with Crippen LogP contribution >= 0.6 is 27.5 Å². The zero-order chi connectivity index (χ0) is 12.8. The molecule has 1 aromatic carbocycles. The quantitative estimate of drug-likeness (QED) is 0.757. The summed E-state index contributed by atoms with van der Waals surface area (Å²) in [5, 5.41) is 0. The average molecular weight is 323 g/mol. The van der Waals surface area contributed by atoms with Gasteiger partial charge in [-0.05, 0) is 31.5 Å². The summed E-state index contributed by atoms with van der Waals surface area (Å²) in [4.78, 5) is 13.7. The molecule has 17 heavy (non-hydrogen) atoms. The lowest BCUT2D eigenvalue weighted by molar-refractivity contribution is 0.0764. The predicted octanol–water partition coefficient (Wildman–Crippen LogP) is 3.68. The van der Waals surface area contributed by atoms with Crippen LogP contribution in [0.1, 0.15) is 23.7 Å². The molecule has 94 valence electrons. The maximum atomic E-state index is 13.2. The molecule has 0 fully saturated rings. The highest BCUT2D eigenvalue weighted by atomic mass is 79.9. The maximum absolute atomic E-state index is 13.2. The van der Waals surface area contributed by atoms with Crippen LogP contribution in [0.4, 0.5) is 4.39 Å². The Morgan fingerprint density at radius 3 is 2.71 bits per heavy atom. The molecule has 0 aliphatic carbocycles. The fourth-order valence-corrected chi connectivity index (χ4v) is 2.10. The zero-order valence-corrected chi connectivity index (χ0v) is 11.9. The topological polar surface area (TPSA) is 20.3 Å². The van der Waals surface area contributed by atoms with Crippen LogP contribution in [0, 0.1) is 5.82 Å². The Morgan fingerprint density at radius 2 is 2.18 bits per heavy atom. The van der Waals surface area contributed by atoms with Crippen molar-refractivity contribution in [2.24, 2.45) is 0 Å². The van der Waals surface area contributed by atoms with Gasteiger partial charge >= 0.3 is 0 Å². The molecule has 0 atom stereocenters. The van der Waals surface area contributed by atoms with E-state index >= 15 is 0 Å². The van der Waals surface area contributed by atoms with E-state index in [1.807, 2.05) is 6.92 Å². The smallest absolute Gasteiger partial charge is 0.253 e. The lowest BCUT2D eigenvalue weighted by Crippen LogP contribution is -2.32. The van der Waals surface area contributed by atoms with E-state index in [-0.39, 0.29) is 5.91 Å². The van der Waals surface area contributed by atoms with E-state index in [0.29, 0.717) is 29.0 Å². The molecular formula is C12H14BrClFNO.